The molecule has 108 valence electrons. The van der Waals surface area contributed by atoms with Crippen LogP contribution in [0.2, 0.25) is 18.1 Å². The van der Waals surface area contributed by atoms with E-state index in [1.165, 1.54) is 0 Å². The molecule has 1 saturated heterocycles. The summed E-state index contributed by atoms with van der Waals surface area (Å²) in [5.41, 5.74) is -0.132. The average Bonchev–Trinajstić information content (AvgIpc) is 2.35. The minimum atomic E-state index is -2.16. The molecule has 2 unspecified atom stereocenters. The van der Waals surface area contributed by atoms with Crippen LogP contribution in [0, 0.1) is 0 Å². The zero-order valence-corrected chi connectivity index (χ0v) is 15.9. The van der Waals surface area contributed by atoms with Crippen molar-refractivity contribution in [3.05, 3.63) is 0 Å². The Morgan fingerprint density at radius 1 is 1.00 bits per heavy atom. The van der Waals surface area contributed by atoms with E-state index >= 15 is 0 Å². The van der Waals surface area contributed by atoms with Gasteiger partial charge in [0.1, 0.15) is 0 Å². The molecule has 0 spiro atoms. The summed E-state index contributed by atoms with van der Waals surface area (Å²) in [5.74, 6) is 0. The molecule has 0 aliphatic carbocycles. The zero-order chi connectivity index (χ0) is 13.8. The van der Waals surface area contributed by atoms with Crippen molar-refractivity contribution in [3.63, 3.8) is 0 Å². The zero-order valence-electron chi connectivity index (χ0n) is 12.6. The third-order valence-electron chi connectivity index (χ3n) is 2.93. The fourth-order valence-electron chi connectivity index (χ4n) is 1.75. The summed E-state index contributed by atoms with van der Waals surface area (Å²) in [6.07, 6.45) is 0.642. The minimum absolute atomic E-state index is 0.132. The van der Waals surface area contributed by atoms with E-state index in [0.717, 1.165) is 18.1 Å². The Labute approximate surface area is 116 Å². The van der Waals surface area contributed by atoms with E-state index in [1.807, 2.05) is 0 Å². The first-order valence-corrected chi connectivity index (χ1v) is 12.7. The standard InChI is InChI=1S/C11H28O4Si3/c1-7-16-13-17(8-2)15-18(9-3,14-16)10-12-11(4,5)6/h16-17H,7-10H2,1-6H3. The molecule has 0 aromatic carbocycles. The number of hydrogen-bond donors (Lipinski definition) is 0. The van der Waals surface area contributed by atoms with Crippen molar-refractivity contribution in [3.8, 4) is 0 Å². The molecule has 0 aromatic rings. The summed E-state index contributed by atoms with van der Waals surface area (Å²) in [4.78, 5) is 0. The van der Waals surface area contributed by atoms with E-state index in [0.29, 0.717) is 6.23 Å². The molecule has 1 heterocycles. The highest BCUT2D eigenvalue weighted by Gasteiger charge is 2.46. The third kappa shape index (κ3) is 4.87. The maximum atomic E-state index is 6.24. The maximum absolute atomic E-state index is 6.24. The number of hydrogen-bond acceptors (Lipinski definition) is 4. The van der Waals surface area contributed by atoms with Crippen LogP contribution in [0.25, 0.3) is 0 Å². The minimum Gasteiger partial charge on any atom is -0.420 e. The molecule has 2 atom stereocenters. The van der Waals surface area contributed by atoms with E-state index in [1.54, 1.807) is 0 Å². The van der Waals surface area contributed by atoms with Gasteiger partial charge in [-0.25, -0.2) is 0 Å². The van der Waals surface area contributed by atoms with Crippen molar-refractivity contribution in [1.29, 1.82) is 0 Å². The van der Waals surface area contributed by atoms with E-state index in [4.69, 9.17) is 17.1 Å². The largest absolute Gasteiger partial charge is 0.420 e. The van der Waals surface area contributed by atoms with Crippen molar-refractivity contribution in [2.45, 2.75) is 65.3 Å². The number of ether oxygens (including phenoxy) is 1. The molecular weight excluding hydrogens is 280 g/mol. The predicted octanol–water partition coefficient (Wildman–Crippen LogP) is 2.35. The first kappa shape index (κ1) is 16.5. The van der Waals surface area contributed by atoms with Crippen LogP contribution in [0.5, 0.6) is 0 Å². The van der Waals surface area contributed by atoms with Gasteiger partial charge in [0, 0.05) is 0 Å². The fraction of sp³-hybridized carbons (Fsp3) is 1.00. The van der Waals surface area contributed by atoms with Gasteiger partial charge in [0.2, 0.25) is 0 Å². The van der Waals surface area contributed by atoms with Gasteiger partial charge < -0.3 is 17.1 Å². The topological polar surface area (TPSA) is 36.9 Å². The van der Waals surface area contributed by atoms with Crippen molar-refractivity contribution in [1.82, 2.24) is 0 Å². The molecule has 0 aromatic heterocycles. The second-order valence-corrected chi connectivity index (χ2v) is 14.9. The Bertz CT molecular complexity index is 245. The SMILES string of the molecule is CC[SiH]1O[SiH](CC)O[Si](CC)(COC(C)(C)C)O1. The molecule has 1 aliphatic rings. The maximum Gasteiger partial charge on any atom is 0.346 e. The first-order valence-electron chi connectivity index (χ1n) is 6.99. The quantitative estimate of drug-likeness (QED) is 0.731. The molecule has 7 heteroatoms. The lowest BCUT2D eigenvalue weighted by Crippen LogP contribution is -2.61. The van der Waals surface area contributed by atoms with Crippen molar-refractivity contribution < 1.29 is 17.1 Å². The van der Waals surface area contributed by atoms with Gasteiger partial charge in [0.15, 0.2) is 0 Å². The lowest BCUT2D eigenvalue weighted by Gasteiger charge is -2.42. The van der Waals surface area contributed by atoms with Gasteiger partial charge in [-0.1, -0.05) is 20.8 Å². The smallest absolute Gasteiger partial charge is 0.346 e. The molecule has 1 rings (SSSR count). The normalized spacial score (nSPS) is 33.7. The summed E-state index contributed by atoms with van der Waals surface area (Å²) in [6.45, 7) is 12.7. The third-order valence-corrected chi connectivity index (χ3v) is 13.9. The van der Waals surface area contributed by atoms with Crippen LogP contribution >= 0.6 is 0 Å². The molecule has 0 bridgehead atoms. The average molecular weight is 309 g/mol. The van der Waals surface area contributed by atoms with Crippen molar-refractivity contribution >= 4 is 27.1 Å². The molecule has 1 fully saturated rings. The highest BCUT2D eigenvalue weighted by atomic mass is 28.5. The van der Waals surface area contributed by atoms with Crippen LogP contribution in [0.3, 0.4) is 0 Å². The summed E-state index contributed by atoms with van der Waals surface area (Å²) < 4.78 is 24.4. The second-order valence-electron chi connectivity index (χ2n) is 5.71. The highest BCUT2D eigenvalue weighted by molar-refractivity contribution is 6.83. The summed E-state index contributed by atoms with van der Waals surface area (Å²) >= 11 is 0. The molecule has 0 amide bonds. The van der Waals surface area contributed by atoms with Crippen LogP contribution in [0.1, 0.15) is 41.5 Å². The van der Waals surface area contributed by atoms with Crippen LogP contribution in [0.15, 0.2) is 0 Å². The lowest BCUT2D eigenvalue weighted by molar-refractivity contribution is 0.00883. The highest BCUT2D eigenvalue weighted by Crippen LogP contribution is 2.26. The van der Waals surface area contributed by atoms with Crippen LogP contribution in [0.4, 0.5) is 0 Å². The van der Waals surface area contributed by atoms with Gasteiger partial charge in [0.25, 0.3) is 0 Å². The van der Waals surface area contributed by atoms with Gasteiger partial charge in [-0.05, 0) is 38.9 Å². The lowest BCUT2D eigenvalue weighted by atomic mass is 10.2. The summed E-state index contributed by atoms with van der Waals surface area (Å²) in [6, 6.07) is 3.01. The molecule has 1 aliphatic heterocycles. The van der Waals surface area contributed by atoms with Crippen molar-refractivity contribution in [2.24, 2.45) is 0 Å². The number of rotatable bonds is 5. The van der Waals surface area contributed by atoms with Gasteiger partial charge in [0.05, 0.1) is 11.8 Å². The van der Waals surface area contributed by atoms with Gasteiger partial charge in [-0.15, -0.1) is 0 Å². The van der Waals surface area contributed by atoms with Gasteiger partial charge >= 0.3 is 27.1 Å². The van der Waals surface area contributed by atoms with Crippen LogP contribution < -0.4 is 0 Å². The van der Waals surface area contributed by atoms with E-state index in [9.17, 15) is 0 Å². The molecule has 4 nitrogen and oxygen atoms in total. The molecule has 0 radical (unpaired) electrons. The van der Waals surface area contributed by atoms with Gasteiger partial charge in [-0.3, -0.25) is 0 Å². The summed E-state index contributed by atoms with van der Waals surface area (Å²) in [5, 5.41) is 0. The monoisotopic (exact) mass is 308 g/mol. The van der Waals surface area contributed by atoms with Crippen molar-refractivity contribution in [2.75, 3.05) is 6.23 Å². The summed E-state index contributed by atoms with van der Waals surface area (Å²) in [7, 11) is -5.14. The van der Waals surface area contributed by atoms with E-state index in [-0.39, 0.29) is 5.60 Å². The molecule has 0 saturated carbocycles. The Morgan fingerprint density at radius 3 is 1.83 bits per heavy atom. The first-order chi connectivity index (χ1) is 8.34. The predicted molar refractivity (Wildman–Crippen MR) is 80.5 cm³/mol. The van der Waals surface area contributed by atoms with Crippen LogP contribution in [-0.4, -0.2) is 39.0 Å². The van der Waals surface area contributed by atoms with E-state index < -0.39 is 27.1 Å². The Morgan fingerprint density at radius 2 is 1.50 bits per heavy atom. The van der Waals surface area contributed by atoms with Gasteiger partial charge in [-0.2, -0.15) is 0 Å². The van der Waals surface area contributed by atoms with E-state index in [2.05, 4.69) is 41.5 Å². The Balaban J connectivity index is 2.71. The Kier molecular flexibility index (Phi) is 6.23. The molecule has 0 N–H and O–H groups in total. The fourth-order valence-corrected chi connectivity index (χ4v) is 14.7. The second kappa shape index (κ2) is 6.78. The molecule has 18 heavy (non-hydrogen) atoms. The van der Waals surface area contributed by atoms with Crippen LogP contribution in [-0.2, 0) is 17.1 Å². The Hall–Kier alpha value is 0.491. The molecular formula is C11H28O4Si3.